The highest BCUT2D eigenvalue weighted by Crippen LogP contribution is 2.26. The number of nitrogens with zero attached hydrogens (tertiary/aromatic N) is 2. The van der Waals surface area contributed by atoms with Gasteiger partial charge in [0.25, 0.3) is 6.01 Å². The number of carbonyl (C=O) groups is 1. The van der Waals surface area contributed by atoms with Crippen LogP contribution in [0.2, 0.25) is 0 Å². The van der Waals surface area contributed by atoms with E-state index in [0.29, 0.717) is 30.2 Å². The van der Waals surface area contributed by atoms with E-state index in [0.717, 1.165) is 19.1 Å². The molecule has 1 aliphatic heterocycles. The number of nitrogens with one attached hydrogen (secondary N) is 1. The molecule has 1 saturated heterocycles. The van der Waals surface area contributed by atoms with Gasteiger partial charge in [-0.25, -0.2) is 4.79 Å². The highest BCUT2D eigenvalue weighted by Gasteiger charge is 2.27. The summed E-state index contributed by atoms with van der Waals surface area (Å²) in [5.74, 6) is 0.181. The van der Waals surface area contributed by atoms with Crippen LogP contribution in [0, 0.1) is 0 Å². The van der Waals surface area contributed by atoms with E-state index in [-0.39, 0.29) is 17.9 Å². The van der Waals surface area contributed by atoms with Crippen LogP contribution in [0.5, 0.6) is 5.75 Å². The predicted octanol–water partition coefficient (Wildman–Crippen LogP) is 2.98. The highest BCUT2D eigenvalue weighted by atomic mass is 32.2. The Balaban J connectivity index is 1.59. The quantitative estimate of drug-likeness (QED) is 0.765. The molecule has 1 fully saturated rings. The summed E-state index contributed by atoms with van der Waals surface area (Å²) in [6, 6.07) is 5.09. The second-order valence-corrected chi connectivity index (χ2v) is 9.40. The molecule has 0 saturated carbocycles. The van der Waals surface area contributed by atoms with Crippen LogP contribution in [0.4, 0.5) is 10.8 Å². The smallest absolute Gasteiger partial charge is 0.410 e. The van der Waals surface area contributed by atoms with Gasteiger partial charge in [0.05, 0.1) is 6.26 Å². The van der Waals surface area contributed by atoms with Crippen LogP contribution < -0.4 is 9.50 Å². The summed E-state index contributed by atoms with van der Waals surface area (Å²) in [4.78, 5) is 18.2. The first-order chi connectivity index (χ1) is 13.0. The Labute approximate surface area is 164 Å². The topological polar surface area (TPSA) is 111 Å². The second-order valence-electron chi connectivity index (χ2n) is 7.82. The Morgan fingerprint density at radius 1 is 1.29 bits per heavy atom. The number of likely N-dealkylation sites (tertiary alicyclic amines) is 1. The first-order valence-electron chi connectivity index (χ1n) is 9.03. The number of carbonyl (C=O) groups excluding carboxylic acids is 1. The lowest BCUT2D eigenvalue weighted by molar-refractivity contribution is 0.0210. The van der Waals surface area contributed by atoms with Crippen molar-refractivity contribution in [3.63, 3.8) is 0 Å². The minimum atomic E-state index is -3.60. The minimum Gasteiger partial charge on any atom is -0.444 e. The van der Waals surface area contributed by atoms with Crippen molar-refractivity contribution in [1.29, 1.82) is 0 Å². The number of benzene rings is 1. The average Bonchev–Trinajstić information content (AvgIpc) is 2.93. The van der Waals surface area contributed by atoms with E-state index in [2.05, 4.69) is 10.3 Å². The molecule has 0 atom stereocenters. The van der Waals surface area contributed by atoms with Gasteiger partial charge in [0, 0.05) is 25.2 Å². The summed E-state index contributed by atoms with van der Waals surface area (Å²) < 4.78 is 38.4. The van der Waals surface area contributed by atoms with Gasteiger partial charge in [-0.1, -0.05) is 0 Å². The molecule has 1 aromatic heterocycles. The number of amides is 1. The molecule has 0 unspecified atom stereocenters. The Bertz CT molecular complexity index is 955. The lowest BCUT2D eigenvalue weighted by Crippen LogP contribution is -2.44. The van der Waals surface area contributed by atoms with Gasteiger partial charge < -0.3 is 23.6 Å². The summed E-state index contributed by atoms with van der Waals surface area (Å²) in [7, 11) is -3.60. The van der Waals surface area contributed by atoms with Crippen molar-refractivity contribution in [3.8, 4) is 5.75 Å². The second kappa shape index (κ2) is 7.50. The molecule has 0 spiro atoms. The number of oxazole rings is 1. The Kier molecular flexibility index (Phi) is 5.42. The maximum absolute atomic E-state index is 12.1. The zero-order chi connectivity index (χ0) is 20.5. The largest absolute Gasteiger partial charge is 0.444 e. The van der Waals surface area contributed by atoms with Gasteiger partial charge in [-0.2, -0.15) is 13.4 Å². The van der Waals surface area contributed by atoms with Crippen LogP contribution in [0.15, 0.2) is 22.6 Å². The molecule has 1 N–H and O–H groups in total. The fourth-order valence-electron chi connectivity index (χ4n) is 2.90. The molecule has 0 bridgehead atoms. The third-order valence-corrected chi connectivity index (χ3v) is 4.58. The van der Waals surface area contributed by atoms with Gasteiger partial charge in [0.2, 0.25) is 0 Å². The predicted molar refractivity (Wildman–Crippen MR) is 104 cm³/mol. The van der Waals surface area contributed by atoms with Crippen LogP contribution in [0.25, 0.3) is 11.1 Å². The van der Waals surface area contributed by atoms with Gasteiger partial charge in [-0.3, -0.25) is 0 Å². The first-order valence-corrected chi connectivity index (χ1v) is 10.8. The normalized spacial score (nSPS) is 16.2. The zero-order valence-corrected chi connectivity index (χ0v) is 17.2. The molecule has 3 rings (SSSR count). The van der Waals surface area contributed by atoms with Crippen molar-refractivity contribution in [2.75, 3.05) is 24.7 Å². The summed E-state index contributed by atoms with van der Waals surface area (Å²) in [6.07, 6.45) is 2.16. The molecule has 1 aliphatic rings. The molecular formula is C18H25N3O6S. The third-order valence-electron chi connectivity index (χ3n) is 4.08. The highest BCUT2D eigenvalue weighted by molar-refractivity contribution is 7.86. The summed E-state index contributed by atoms with van der Waals surface area (Å²) in [5.41, 5.74) is 0.508. The van der Waals surface area contributed by atoms with Crippen molar-refractivity contribution in [3.05, 3.63) is 18.2 Å². The Morgan fingerprint density at radius 3 is 2.57 bits per heavy atom. The van der Waals surface area contributed by atoms with E-state index >= 15 is 0 Å². The van der Waals surface area contributed by atoms with Crippen molar-refractivity contribution >= 4 is 33.3 Å². The maximum atomic E-state index is 12.1. The fourth-order valence-corrected chi connectivity index (χ4v) is 3.36. The lowest BCUT2D eigenvalue weighted by Gasteiger charge is -2.33. The number of rotatable bonds is 4. The van der Waals surface area contributed by atoms with Gasteiger partial charge in [0.1, 0.15) is 16.9 Å². The summed E-state index contributed by atoms with van der Waals surface area (Å²) >= 11 is 0. The average molecular weight is 411 g/mol. The fraction of sp³-hybridized carbons (Fsp3) is 0.556. The molecule has 0 aliphatic carbocycles. The van der Waals surface area contributed by atoms with Crippen LogP contribution in [0.3, 0.4) is 0 Å². The number of hydrogen-bond acceptors (Lipinski definition) is 8. The SMILES string of the molecule is CC(C)(C)OC(=O)N1CCC(Nc2nc3cc(OS(C)(=O)=O)ccc3o2)CC1. The molecule has 154 valence electrons. The molecule has 2 aromatic rings. The molecule has 1 amide bonds. The number of hydrogen-bond donors (Lipinski definition) is 1. The molecular weight excluding hydrogens is 386 g/mol. The number of piperidine rings is 1. The molecule has 0 radical (unpaired) electrons. The number of ether oxygens (including phenoxy) is 1. The number of anilines is 1. The van der Waals surface area contributed by atoms with Crippen LogP contribution >= 0.6 is 0 Å². The van der Waals surface area contributed by atoms with E-state index in [1.165, 1.54) is 12.1 Å². The van der Waals surface area contributed by atoms with Crippen LogP contribution in [-0.2, 0) is 14.9 Å². The molecule has 10 heteroatoms. The Morgan fingerprint density at radius 2 is 1.96 bits per heavy atom. The standard InChI is InChI=1S/C18H25N3O6S/c1-18(2,3)26-17(22)21-9-7-12(8-10-21)19-16-20-14-11-13(27-28(4,23)24)5-6-15(14)25-16/h5-6,11-12H,7-10H2,1-4H3,(H,19,20). The summed E-state index contributed by atoms with van der Waals surface area (Å²) in [6.45, 7) is 6.70. The van der Waals surface area contributed by atoms with Gasteiger partial charge >= 0.3 is 16.2 Å². The first kappa shape index (κ1) is 20.2. The lowest BCUT2D eigenvalue weighted by atomic mass is 10.1. The van der Waals surface area contributed by atoms with Crippen molar-refractivity contribution < 1.29 is 26.5 Å². The van der Waals surface area contributed by atoms with Crippen LogP contribution in [-0.4, -0.2) is 55.4 Å². The van der Waals surface area contributed by atoms with Crippen LogP contribution in [0.1, 0.15) is 33.6 Å². The molecule has 9 nitrogen and oxygen atoms in total. The number of fused-ring (bicyclic) bond motifs is 1. The van der Waals surface area contributed by atoms with Crippen molar-refractivity contribution in [2.24, 2.45) is 0 Å². The van der Waals surface area contributed by atoms with E-state index < -0.39 is 15.7 Å². The maximum Gasteiger partial charge on any atom is 0.410 e. The zero-order valence-electron chi connectivity index (χ0n) is 16.4. The molecule has 1 aromatic carbocycles. The van der Waals surface area contributed by atoms with E-state index in [9.17, 15) is 13.2 Å². The Hall–Kier alpha value is -2.49. The van der Waals surface area contributed by atoms with E-state index in [4.69, 9.17) is 13.3 Å². The minimum absolute atomic E-state index is 0.110. The summed E-state index contributed by atoms with van der Waals surface area (Å²) in [5, 5.41) is 3.23. The van der Waals surface area contributed by atoms with E-state index in [1.807, 2.05) is 20.8 Å². The molecule has 28 heavy (non-hydrogen) atoms. The van der Waals surface area contributed by atoms with Crippen molar-refractivity contribution in [1.82, 2.24) is 9.88 Å². The van der Waals surface area contributed by atoms with Crippen molar-refractivity contribution in [2.45, 2.75) is 45.3 Å². The molecule has 2 heterocycles. The number of aromatic nitrogens is 1. The van der Waals surface area contributed by atoms with Gasteiger partial charge in [-0.15, -0.1) is 0 Å². The monoisotopic (exact) mass is 411 g/mol. The van der Waals surface area contributed by atoms with Gasteiger partial charge in [-0.05, 0) is 45.7 Å². The van der Waals surface area contributed by atoms with E-state index in [1.54, 1.807) is 11.0 Å². The van der Waals surface area contributed by atoms with Gasteiger partial charge in [0.15, 0.2) is 5.58 Å². The third kappa shape index (κ3) is 5.51.